The van der Waals surface area contributed by atoms with E-state index >= 15 is 0 Å². The number of rotatable bonds is 1. The lowest BCUT2D eigenvalue weighted by atomic mass is 9.73. The first kappa shape index (κ1) is 11.6. The van der Waals surface area contributed by atoms with Gasteiger partial charge in [-0.1, -0.05) is 12.7 Å². The van der Waals surface area contributed by atoms with Gasteiger partial charge in [-0.2, -0.15) is 0 Å². The van der Waals surface area contributed by atoms with Crippen LogP contribution in [0.4, 0.5) is 0 Å². The van der Waals surface area contributed by atoms with Crippen LogP contribution in [-0.2, 0) is 6.42 Å². The second-order valence-electron chi connectivity index (χ2n) is 5.66. The van der Waals surface area contributed by atoms with Gasteiger partial charge in [-0.15, -0.1) is 0 Å². The summed E-state index contributed by atoms with van der Waals surface area (Å²) in [5.41, 5.74) is 4.09. The highest BCUT2D eigenvalue weighted by molar-refractivity contribution is 5.69. The lowest BCUT2D eigenvalue weighted by Crippen LogP contribution is -2.46. The van der Waals surface area contributed by atoms with Crippen molar-refractivity contribution in [3.63, 3.8) is 0 Å². The van der Waals surface area contributed by atoms with Crippen LogP contribution in [0.5, 0.6) is 11.5 Å². The first-order valence-electron chi connectivity index (χ1n) is 6.74. The van der Waals surface area contributed by atoms with E-state index in [4.69, 9.17) is 4.74 Å². The molecular formula is C16H20O2. The molecule has 2 nitrogen and oxygen atoms in total. The van der Waals surface area contributed by atoms with Gasteiger partial charge in [-0.25, -0.2) is 0 Å². The van der Waals surface area contributed by atoms with Gasteiger partial charge < -0.3 is 9.84 Å². The zero-order chi connectivity index (χ0) is 12.9. The van der Waals surface area contributed by atoms with E-state index in [2.05, 4.69) is 6.58 Å². The quantitative estimate of drug-likeness (QED) is 0.811. The van der Waals surface area contributed by atoms with Gasteiger partial charge >= 0.3 is 0 Å². The molecule has 0 radical (unpaired) electrons. The maximum Gasteiger partial charge on any atom is 0.131 e. The monoisotopic (exact) mass is 244 g/mol. The average molecular weight is 244 g/mol. The van der Waals surface area contributed by atoms with Gasteiger partial charge in [0.15, 0.2) is 0 Å². The molecule has 0 unspecified atom stereocenters. The smallest absolute Gasteiger partial charge is 0.131 e. The molecule has 1 fully saturated rings. The number of phenolic OH excluding ortho intramolecular Hbond substituents is 1. The zero-order valence-corrected chi connectivity index (χ0v) is 11.2. The summed E-state index contributed by atoms with van der Waals surface area (Å²) in [4.78, 5) is 0. The molecule has 1 N–H and O–H groups in total. The third-order valence-electron chi connectivity index (χ3n) is 4.70. The minimum Gasteiger partial charge on any atom is -0.507 e. The summed E-state index contributed by atoms with van der Waals surface area (Å²) >= 11 is 0. The molecule has 1 saturated carbocycles. The van der Waals surface area contributed by atoms with Crippen molar-refractivity contribution in [1.82, 2.24) is 0 Å². The highest BCUT2D eigenvalue weighted by Gasteiger charge is 2.43. The maximum absolute atomic E-state index is 10.2. The van der Waals surface area contributed by atoms with E-state index in [1.165, 1.54) is 24.8 Å². The van der Waals surface area contributed by atoms with Crippen LogP contribution in [-0.4, -0.2) is 10.7 Å². The number of aromatic hydroxyl groups is 1. The van der Waals surface area contributed by atoms with E-state index in [0.717, 1.165) is 35.3 Å². The zero-order valence-electron chi connectivity index (χ0n) is 11.2. The number of hydrogen-bond acceptors (Lipinski definition) is 2. The van der Waals surface area contributed by atoms with E-state index in [9.17, 15) is 5.11 Å². The average Bonchev–Trinajstić information content (AvgIpc) is 2.34. The molecule has 0 saturated heterocycles. The van der Waals surface area contributed by atoms with E-state index in [1.54, 1.807) is 0 Å². The van der Waals surface area contributed by atoms with Gasteiger partial charge in [0.05, 0.1) is 0 Å². The summed E-state index contributed by atoms with van der Waals surface area (Å²) < 4.78 is 6.31. The molecule has 96 valence electrons. The standard InChI is InChI=1S/C16H20O2/c1-4-12-10(2)14(17)11(3)13-6-9-16(7-5-8-16)18-15(12)13/h4,17H,1,5-9H2,2-3H3. The van der Waals surface area contributed by atoms with Crippen molar-refractivity contribution >= 4 is 6.08 Å². The molecule has 2 aliphatic rings. The molecule has 0 aromatic heterocycles. The van der Waals surface area contributed by atoms with E-state index in [-0.39, 0.29) is 5.60 Å². The predicted molar refractivity (Wildman–Crippen MR) is 73.2 cm³/mol. The molecule has 3 rings (SSSR count). The molecule has 0 amide bonds. The SMILES string of the molecule is C=Cc1c(C)c(O)c(C)c2c1OC1(CCC1)CC2. The second-order valence-corrected chi connectivity index (χ2v) is 5.66. The number of benzene rings is 1. The molecule has 1 aliphatic carbocycles. The minimum absolute atomic E-state index is 0.0839. The van der Waals surface area contributed by atoms with Crippen LogP contribution in [0.25, 0.3) is 6.08 Å². The Balaban J connectivity index is 2.17. The van der Waals surface area contributed by atoms with Crippen LogP contribution < -0.4 is 4.74 Å². The Kier molecular flexibility index (Phi) is 2.44. The topological polar surface area (TPSA) is 29.5 Å². The van der Waals surface area contributed by atoms with Crippen LogP contribution >= 0.6 is 0 Å². The van der Waals surface area contributed by atoms with Gasteiger partial charge in [-0.3, -0.25) is 0 Å². The van der Waals surface area contributed by atoms with Crippen molar-refractivity contribution in [2.24, 2.45) is 0 Å². The van der Waals surface area contributed by atoms with Gasteiger partial charge in [0, 0.05) is 16.7 Å². The fourth-order valence-corrected chi connectivity index (χ4v) is 3.26. The summed E-state index contributed by atoms with van der Waals surface area (Å²) in [6, 6.07) is 0. The first-order chi connectivity index (χ1) is 8.58. The Morgan fingerprint density at radius 1 is 1.22 bits per heavy atom. The summed E-state index contributed by atoms with van der Waals surface area (Å²) in [6.45, 7) is 7.79. The molecule has 0 bridgehead atoms. The number of ether oxygens (including phenoxy) is 1. The van der Waals surface area contributed by atoms with E-state index in [1.807, 2.05) is 19.9 Å². The second kappa shape index (κ2) is 3.78. The normalized spacial score (nSPS) is 19.9. The largest absolute Gasteiger partial charge is 0.507 e. The predicted octanol–water partition coefficient (Wildman–Crippen LogP) is 3.90. The third kappa shape index (κ3) is 1.41. The Morgan fingerprint density at radius 3 is 2.50 bits per heavy atom. The minimum atomic E-state index is 0.0839. The highest BCUT2D eigenvalue weighted by Crippen LogP contribution is 2.49. The summed E-state index contributed by atoms with van der Waals surface area (Å²) in [5.74, 6) is 1.38. The molecule has 2 heteroatoms. The van der Waals surface area contributed by atoms with Gasteiger partial charge in [0.1, 0.15) is 17.1 Å². The molecule has 1 aromatic rings. The Morgan fingerprint density at radius 2 is 1.94 bits per heavy atom. The van der Waals surface area contributed by atoms with E-state index in [0.29, 0.717) is 5.75 Å². The van der Waals surface area contributed by atoms with Crippen LogP contribution in [0.2, 0.25) is 0 Å². The summed E-state index contributed by atoms with van der Waals surface area (Å²) in [6.07, 6.45) is 7.51. The number of fused-ring (bicyclic) bond motifs is 1. The van der Waals surface area contributed by atoms with Crippen LogP contribution in [0, 0.1) is 13.8 Å². The molecule has 1 spiro atoms. The van der Waals surface area contributed by atoms with Crippen molar-refractivity contribution in [2.45, 2.75) is 51.6 Å². The molecule has 18 heavy (non-hydrogen) atoms. The van der Waals surface area contributed by atoms with Gasteiger partial charge in [0.2, 0.25) is 0 Å². The van der Waals surface area contributed by atoms with Crippen molar-refractivity contribution in [3.05, 3.63) is 28.8 Å². The van der Waals surface area contributed by atoms with Crippen molar-refractivity contribution in [3.8, 4) is 11.5 Å². The Labute approximate surface area is 108 Å². The molecule has 1 aromatic carbocycles. The molecular weight excluding hydrogens is 224 g/mol. The third-order valence-corrected chi connectivity index (χ3v) is 4.70. The fourth-order valence-electron chi connectivity index (χ4n) is 3.26. The maximum atomic E-state index is 10.2. The summed E-state index contributed by atoms with van der Waals surface area (Å²) in [7, 11) is 0. The fraction of sp³-hybridized carbons (Fsp3) is 0.500. The molecule has 0 atom stereocenters. The highest BCUT2D eigenvalue weighted by atomic mass is 16.5. The summed E-state index contributed by atoms with van der Waals surface area (Å²) in [5, 5.41) is 10.2. The van der Waals surface area contributed by atoms with Crippen molar-refractivity contribution in [1.29, 1.82) is 0 Å². The van der Waals surface area contributed by atoms with E-state index < -0.39 is 0 Å². The lowest BCUT2D eigenvalue weighted by molar-refractivity contribution is -0.0253. The molecule has 1 aliphatic heterocycles. The Bertz CT molecular complexity index is 525. The van der Waals surface area contributed by atoms with Crippen molar-refractivity contribution < 1.29 is 9.84 Å². The van der Waals surface area contributed by atoms with Gasteiger partial charge in [-0.05, 0) is 51.5 Å². The lowest BCUT2D eigenvalue weighted by Gasteiger charge is -2.46. The van der Waals surface area contributed by atoms with Crippen LogP contribution in [0.3, 0.4) is 0 Å². The van der Waals surface area contributed by atoms with Gasteiger partial charge in [0.25, 0.3) is 0 Å². The first-order valence-corrected chi connectivity index (χ1v) is 6.74. The Hall–Kier alpha value is -1.44. The number of phenols is 1. The number of hydrogen-bond donors (Lipinski definition) is 1. The van der Waals surface area contributed by atoms with Crippen molar-refractivity contribution in [2.75, 3.05) is 0 Å². The molecule has 1 heterocycles. The van der Waals surface area contributed by atoms with Crippen LogP contribution in [0.1, 0.15) is 47.9 Å². The van der Waals surface area contributed by atoms with Crippen LogP contribution in [0.15, 0.2) is 6.58 Å².